The first kappa shape index (κ1) is 33.5. The number of ether oxygens (including phenoxy) is 1. The molecule has 49 heavy (non-hydrogen) atoms. The predicted octanol–water partition coefficient (Wildman–Crippen LogP) is 6.08. The van der Waals surface area contributed by atoms with Crippen molar-refractivity contribution in [3.8, 4) is 11.1 Å². The zero-order valence-electron chi connectivity index (χ0n) is 27.6. The van der Waals surface area contributed by atoms with Crippen LogP contribution >= 0.6 is 0 Å². The first-order chi connectivity index (χ1) is 23.9. The minimum absolute atomic E-state index is 0.142. The van der Waals surface area contributed by atoms with Crippen LogP contribution in [-0.4, -0.2) is 52.1 Å². The van der Waals surface area contributed by atoms with Gasteiger partial charge in [-0.05, 0) is 73.7 Å². The Bertz CT molecular complexity index is 2000. The van der Waals surface area contributed by atoms with E-state index in [1.54, 1.807) is 60.7 Å². The van der Waals surface area contributed by atoms with Crippen molar-refractivity contribution in [2.24, 2.45) is 0 Å². The summed E-state index contributed by atoms with van der Waals surface area (Å²) < 4.78 is 22.1. The minimum atomic E-state index is -0.430. The van der Waals surface area contributed by atoms with Gasteiger partial charge in [-0.2, -0.15) is 5.10 Å². The van der Waals surface area contributed by atoms with Gasteiger partial charge in [0.25, 0.3) is 11.8 Å². The molecule has 252 valence electrons. The minimum Gasteiger partial charge on any atom is -0.381 e. The van der Waals surface area contributed by atoms with E-state index < -0.39 is 5.82 Å². The summed E-state index contributed by atoms with van der Waals surface area (Å²) in [6, 6.07) is 18.0. The van der Waals surface area contributed by atoms with Gasteiger partial charge in [0.2, 0.25) is 0 Å². The molecular formula is C38H39FN6O4. The highest BCUT2D eigenvalue weighted by atomic mass is 19.1. The summed E-state index contributed by atoms with van der Waals surface area (Å²) in [6.07, 6.45) is 4.98. The standard InChI is InChI=1S/C38H39FN6O4/c1-3-34-31(35(43-29-13-15-49-16-14-29)32-22-42-45(4-2)36(32)44-34)21-41-38(48)28-10-6-9-27(19-28)37(47)40-20-24-11-12-33(39)30(18-24)26-8-5-7-25(17-26)23-46/h5-12,17-19,22-23,29H,3-4,13-16,20-21H2,1-2H3,(H,40,47)(H,41,48)(H,43,44). The first-order valence-corrected chi connectivity index (χ1v) is 16.6. The van der Waals surface area contributed by atoms with Crippen molar-refractivity contribution in [1.82, 2.24) is 25.4 Å². The van der Waals surface area contributed by atoms with Crippen LogP contribution in [0.2, 0.25) is 0 Å². The molecule has 3 heterocycles. The number of carbonyl (C=O) groups excluding carboxylic acids is 3. The Morgan fingerprint density at radius 3 is 2.41 bits per heavy atom. The van der Waals surface area contributed by atoms with Crippen molar-refractivity contribution < 1.29 is 23.5 Å². The summed E-state index contributed by atoms with van der Waals surface area (Å²) in [7, 11) is 0. The lowest BCUT2D eigenvalue weighted by Gasteiger charge is -2.26. The van der Waals surface area contributed by atoms with E-state index in [0.717, 1.165) is 40.8 Å². The molecule has 2 amide bonds. The van der Waals surface area contributed by atoms with Crippen molar-refractivity contribution in [3.05, 3.63) is 112 Å². The van der Waals surface area contributed by atoms with Crippen molar-refractivity contribution in [1.29, 1.82) is 0 Å². The molecule has 0 bridgehead atoms. The lowest BCUT2D eigenvalue weighted by atomic mass is 10.0. The van der Waals surface area contributed by atoms with Gasteiger partial charge in [-0.3, -0.25) is 14.4 Å². The number of rotatable bonds is 12. The maximum Gasteiger partial charge on any atom is 0.251 e. The molecule has 11 heteroatoms. The van der Waals surface area contributed by atoms with Gasteiger partial charge in [0, 0.05) is 72.4 Å². The topological polar surface area (TPSA) is 127 Å². The van der Waals surface area contributed by atoms with Crippen LogP contribution < -0.4 is 16.0 Å². The SMILES string of the molecule is CCc1nc2c(cnn2CC)c(NC2CCOCC2)c1CNC(=O)c1cccc(C(=O)NCc2ccc(F)c(-c3cccc(C=O)c3)c2)c1. The van der Waals surface area contributed by atoms with E-state index in [9.17, 15) is 18.8 Å². The lowest BCUT2D eigenvalue weighted by molar-refractivity contribution is 0.0904. The molecule has 5 aromatic rings. The average molecular weight is 663 g/mol. The lowest BCUT2D eigenvalue weighted by Crippen LogP contribution is -2.30. The number of fused-ring (bicyclic) bond motifs is 1. The molecule has 1 fully saturated rings. The Kier molecular flexibility index (Phi) is 10.4. The third kappa shape index (κ3) is 7.52. The van der Waals surface area contributed by atoms with Gasteiger partial charge in [0.15, 0.2) is 5.65 Å². The Balaban J connectivity index is 1.16. The predicted molar refractivity (Wildman–Crippen MR) is 186 cm³/mol. The Morgan fingerprint density at radius 1 is 0.959 bits per heavy atom. The van der Waals surface area contributed by atoms with E-state index in [2.05, 4.69) is 21.0 Å². The smallest absolute Gasteiger partial charge is 0.251 e. The van der Waals surface area contributed by atoms with Gasteiger partial charge in [0.1, 0.15) is 12.1 Å². The average Bonchev–Trinajstić information content (AvgIpc) is 3.57. The second-order valence-electron chi connectivity index (χ2n) is 12.0. The third-order valence-corrected chi connectivity index (χ3v) is 8.81. The van der Waals surface area contributed by atoms with Gasteiger partial charge in [-0.15, -0.1) is 0 Å². The summed E-state index contributed by atoms with van der Waals surface area (Å²) in [6.45, 7) is 6.54. The number of anilines is 1. The molecular weight excluding hydrogens is 623 g/mol. The second-order valence-corrected chi connectivity index (χ2v) is 12.0. The van der Waals surface area contributed by atoms with Crippen molar-refractivity contribution in [2.45, 2.75) is 58.8 Å². The number of hydrogen-bond donors (Lipinski definition) is 3. The summed E-state index contributed by atoms with van der Waals surface area (Å²) in [4.78, 5) is 42.8. The first-order valence-electron chi connectivity index (χ1n) is 16.6. The molecule has 0 atom stereocenters. The summed E-state index contributed by atoms with van der Waals surface area (Å²) in [5, 5.41) is 15.1. The van der Waals surface area contributed by atoms with Crippen LogP contribution in [-0.2, 0) is 30.8 Å². The molecule has 0 radical (unpaired) electrons. The van der Waals surface area contributed by atoms with Crippen LogP contribution in [0.15, 0.2) is 72.9 Å². The van der Waals surface area contributed by atoms with Crippen molar-refractivity contribution in [2.75, 3.05) is 18.5 Å². The van der Waals surface area contributed by atoms with Gasteiger partial charge < -0.3 is 20.7 Å². The largest absolute Gasteiger partial charge is 0.381 e. The number of hydrogen-bond acceptors (Lipinski definition) is 7. The van der Waals surface area contributed by atoms with E-state index in [1.165, 1.54) is 6.07 Å². The highest BCUT2D eigenvalue weighted by Gasteiger charge is 2.22. The number of benzene rings is 3. The van der Waals surface area contributed by atoms with Gasteiger partial charge in [0.05, 0.1) is 17.3 Å². The van der Waals surface area contributed by atoms with E-state index in [-0.39, 0.29) is 30.9 Å². The fourth-order valence-corrected chi connectivity index (χ4v) is 6.14. The Labute approximate surface area is 284 Å². The molecule has 1 aliphatic rings. The van der Waals surface area contributed by atoms with Crippen LogP contribution in [0.5, 0.6) is 0 Å². The molecule has 10 nitrogen and oxygen atoms in total. The number of pyridine rings is 1. The number of halogens is 1. The van der Waals surface area contributed by atoms with E-state index >= 15 is 0 Å². The number of aldehydes is 1. The summed E-state index contributed by atoms with van der Waals surface area (Å²) >= 11 is 0. The monoisotopic (exact) mass is 662 g/mol. The number of nitrogens with one attached hydrogen (secondary N) is 3. The number of nitrogens with zero attached hydrogens (tertiary/aromatic N) is 3. The fourth-order valence-electron chi connectivity index (χ4n) is 6.14. The maximum atomic E-state index is 14.7. The molecule has 2 aromatic heterocycles. The molecule has 1 aliphatic heterocycles. The number of amides is 2. The van der Waals surface area contributed by atoms with Gasteiger partial charge in [-0.25, -0.2) is 14.1 Å². The maximum absolute atomic E-state index is 14.7. The summed E-state index contributed by atoms with van der Waals surface area (Å²) in [5.41, 5.74) is 6.23. The molecule has 0 saturated carbocycles. The van der Waals surface area contributed by atoms with Crippen LogP contribution in [0.4, 0.5) is 10.1 Å². The van der Waals surface area contributed by atoms with E-state index in [1.807, 2.05) is 24.7 Å². The normalized spacial score (nSPS) is 13.3. The molecule has 0 unspecified atom stereocenters. The third-order valence-electron chi connectivity index (χ3n) is 8.81. The zero-order valence-corrected chi connectivity index (χ0v) is 27.6. The van der Waals surface area contributed by atoms with Crippen molar-refractivity contribution in [3.63, 3.8) is 0 Å². The second kappa shape index (κ2) is 15.2. The van der Waals surface area contributed by atoms with Crippen LogP contribution in [0.3, 0.4) is 0 Å². The van der Waals surface area contributed by atoms with Crippen LogP contribution in [0.25, 0.3) is 22.2 Å². The highest BCUT2D eigenvalue weighted by molar-refractivity contribution is 6.00. The highest BCUT2D eigenvalue weighted by Crippen LogP contribution is 2.31. The van der Waals surface area contributed by atoms with E-state index in [4.69, 9.17) is 9.72 Å². The zero-order chi connectivity index (χ0) is 34.3. The molecule has 1 saturated heterocycles. The summed E-state index contributed by atoms with van der Waals surface area (Å²) in [5.74, 6) is -1.12. The van der Waals surface area contributed by atoms with Crippen molar-refractivity contribution >= 4 is 34.8 Å². The number of aromatic nitrogens is 3. The van der Waals surface area contributed by atoms with Gasteiger partial charge in [-0.1, -0.05) is 37.3 Å². The van der Waals surface area contributed by atoms with Crippen LogP contribution in [0.1, 0.15) is 74.6 Å². The Morgan fingerprint density at radius 2 is 1.69 bits per heavy atom. The van der Waals surface area contributed by atoms with E-state index in [0.29, 0.717) is 65.8 Å². The number of carbonyl (C=O) groups is 3. The number of aryl methyl sites for hydroxylation is 2. The molecule has 0 aliphatic carbocycles. The molecule has 6 rings (SSSR count). The van der Waals surface area contributed by atoms with Crippen LogP contribution in [0, 0.1) is 5.82 Å². The molecule has 0 spiro atoms. The quantitative estimate of drug-likeness (QED) is 0.138. The Hall–Kier alpha value is -5.42. The molecule has 3 aromatic carbocycles. The fraction of sp³-hybridized carbons (Fsp3) is 0.289. The van der Waals surface area contributed by atoms with Gasteiger partial charge >= 0.3 is 0 Å². The molecule has 3 N–H and O–H groups in total.